The number of carboxylic acid groups (broad SMARTS) is 1. The van der Waals surface area contributed by atoms with E-state index in [0.29, 0.717) is 0 Å². The molecule has 0 rings (SSSR count). The molecule has 3 N–H and O–H groups in total. The molecule has 0 saturated heterocycles. The molecule has 0 aliphatic rings. The predicted molar refractivity (Wildman–Crippen MR) is 70.9 cm³/mol. The number of carbonyl (C=O) groups excluding carboxylic acids is 1. The summed E-state index contributed by atoms with van der Waals surface area (Å²) in [5.74, 6) is -1.12. The lowest BCUT2D eigenvalue weighted by Crippen LogP contribution is -2.52. The molecule has 0 fully saturated rings. The van der Waals surface area contributed by atoms with Gasteiger partial charge in [0.25, 0.3) is 0 Å². The van der Waals surface area contributed by atoms with E-state index in [9.17, 15) is 14.7 Å². The lowest BCUT2D eigenvalue weighted by atomic mass is 9.82. The van der Waals surface area contributed by atoms with Crippen molar-refractivity contribution in [2.45, 2.75) is 65.7 Å². The van der Waals surface area contributed by atoms with E-state index in [0.717, 1.165) is 0 Å². The summed E-state index contributed by atoms with van der Waals surface area (Å²) in [4.78, 5) is 22.4. The molecule has 0 aromatic carbocycles. The molecule has 0 aliphatic heterocycles. The zero-order valence-electron chi connectivity index (χ0n) is 12.5. The summed E-state index contributed by atoms with van der Waals surface area (Å²) in [6.45, 7) is 10.6. The molecule has 0 spiro atoms. The van der Waals surface area contributed by atoms with E-state index >= 15 is 0 Å². The van der Waals surface area contributed by atoms with Gasteiger partial charge in [-0.25, -0.2) is 4.79 Å². The van der Waals surface area contributed by atoms with Crippen molar-refractivity contribution < 1.29 is 24.5 Å². The fourth-order valence-electron chi connectivity index (χ4n) is 1.62. The molecule has 0 radical (unpaired) electrons. The first-order chi connectivity index (χ1) is 8.33. The van der Waals surface area contributed by atoms with Gasteiger partial charge in [0.1, 0.15) is 5.60 Å². The smallest absolute Gasteiger partial charge is 0.407 e. The van der Waals surface area contributed by atoms with Gasteiger partial charge in [-0.1, -0.05) is 20.8 Å². The highest BCUT2D eigenvalue weighted by Gasteiger charge is 2.34. The summed E-state index contributed by atoms with van der Waals surface area (Å²) in [6, 6.07) is -0.710. The third-order valence-corrected chi connectivity index (χ3v) is 2.37. The van der Waals surface area contributed by atoms with Crippen molar-refractivity contribution in [3.8, 4) is 0 Å². The molecule has 1 amide bonds. The number of aliphatic hydroxyl groups excluding tert-OH is 1. The van der Waals surface area contributed by atoms with Crippen molar-refractivity contribution in [1.29, 1.82) is 0 Å². The maximum Gasteiger partial charge on any atom is 0.407 e. The number of amides is 1. The number of alkyl carbamates (subject to hydrolysis) is 1. The summed E-state index contributed by atoms with van der Waals surface area (Å²) in [5.41, 5.74) is -1.14. The molecule has 6 nitrogen and oxygen atoms in total. The van der Waals surface area contributed by atoms with Crippen LogP contribution in [0, 0.1) is 5.41 Å². The molecule has 0 aromatic rings. The van der Waals surface area contributed by atoms with Crippen LogP contribution in [0.15, 0.2) is 0 Å². The van der Waals surface area contributed by atoms with Crippen LogP contribution in [0.1, 0.15) is 48.0 Å². The van der Waals surface area contributed by atoms with E-state index in [2.05, 4.69) is 5.32 Å². The average molecular weight is 275 g/mol. The third kappa shape index (κ3) is 7.66. The Balaban J connectivity index is 4.80. The van der Waals surface area contributed by atoms with Gasteiger partial charge in [-0.05, 0) is 26.2 Å². The maximum atomic E-state index is 11.7. The Morgan fingerprint density at radius 2 is 1.63 bits per heavy atom. The molecule has 0 heterocycles. The fourth-order valence-corrected chi connectivity index (χ4v) is 1.62. The highest BCUT2D eigenvalue weighted by Crippen LogP contribution is 2.24. The first-order valence-electron chi connectivity index (χ1n) is 6.22. The van der Waals surface area contributed by atoms with Crippen molar-refractivity contribution in [2.24, 2.45) is 5.41 Å². The van der Waals surface area contributed by atoms with Crippen molar-refractivity contribution in [2.75, 3.05) is 0 Å². The Labute approximate surface area is 114 Å². The Bertz CT molecular complexity index is 327. The standard InChI is InChI=1S/C13H25NO5/c1-12(2,3)10(8(15)7-9(16)17)14-11(18)19-13(4,5)6/h8,10,15H,7H2,1-6H3,(H,14,18)(H,16,17). The highest BCUT2D eigenvalue weighted by molar-refractivity contribution is 5.69. The lowest BCUT2D eigenvalue weighted by Gasteiger charge is -2.35. The fraction of sp³-hybridized carbons (Fsp3) is 0.846. The molecule has 2 atom stereocenters. The second-order valence-electron chi connectivity index (χ2n) is 6.66. The van der Waals surface area contributed by atoms with Crippen LogP contribution in [-0.4, -0.2) is 40.0 Å². The summed E-state index contributed by atoms with van der Waals surface area (Å²) in [7, 11) is 0. The Morgan fingerprint density at radius 1 is 1.16 bits per heavy atom. The van der Waals surface area contributed by atoms with E-state index in [4.69, 9.17) is 9.84 Å². The summed E-state index contributed by atoms with van der Waals surface area (Å²) in [6.07, 6.45) is -2.28. The maximum absolute atomic E-state index is 11.7. The first kappa shape index (κ1) is 17.7. The molecule has 0 aromatic heterocycles. The summed E-state index contributed by atoms with van der Waals surface area (Å²) >= 11 is 0. The van der Waals surface area contributed by atoms with Gasteiger partial charge in [0.15, 0.2) is 0 Å². The number of carbonyl (C=O) groups is 2. The van der Waals surface area contributed by atoms with Gasteiger partial charge >= 0.3 is 12.1 Å². The molecule has 0 bridgehead atoms. The molecular weight excluding hydrogens is 250 g/mol. The van der Waals surface area contributed by atoms with Gasteiger partial charge in [0.2, 0.25) is 0 Å². The van der Waals surface area contributed by atoms with Crippen LogP contribution in [0.5, 0.6) is 0 Å². The van der Waals surface area contributed by atoms with Gasteiger partial charge in [0, 0.05) is 0 Å². The van der Waals surface area contributed by atoms with Gasteiger partial charge in [-0.2, -0.15) is 0 Å². The molecule has 6 heteroatoms. The average Bonchev–Trinajstić information content (AvgIpc) is 2.07. The zero-order valence-corrected chi connectivity index (χ0v) is 12.5. The molecule has 2 unspecified atom stereocenters. The first-order valence-corrected chi connectivity index (χ1v) is 6.22. The minimum atomic E-state index is -1.18. The van der Waals surface area contributed by atoms with E-state index < -0.39 is 41.6 Å². The second-order valence-corrected chi connectivity index (χ2v) is 6.66. The summed E-state index contributed by atoms with van der Waals surface area (Å²) in [5, 5.41) is 21.2. The van der Waals surface area contributed by atoms with Crippen LogP contribution in [0.4, 0.5) is 4.79 Å². The Hall–Kier alpha value is -1.30. The van der Waals surface area contributed by atoms with Crippen LogP contribution < -0.4 is 5.32 Å². The molecule has 0 aliphatic carbocycles. The third-order valence-electron chi connectivity index (χ3n) is 2.37. The lowest BCUT2D eigenvalue weighted by molar-refractivity contribution is -0.140. The Kier molecular flexibility index (Phi) is 5.81. The second kappa shape index (κ2) is 6.23. The Morgan fingerprint density at radius 3 is 1.95 bits per heavy atom. The molecule has 112 valence electrons. The quantitative estimate of drug-likeness (QED) is 0.726. The van der Waals surface area contributed by atoms with Gasteiger partial charge < -0.3 is 20.3 Å². The zero-order chi connectivity index (χ0) is 15.4. The number of aliphatic hydroxyl groups is 1. The monoisotopic (exact) mass is 275 g/mol. The van der Waals surface area contributed by atoms with Crippen LogP contribution >= 0.6 is 0 Å². The number of rotatable bonds is 4. The molecular formula is C13H25NO5. The predicted octanol–water partition coefficient (Wildman–Crippen LogP) is 1.76. The van der Waals surface area contributed by atoms with E-state index in [1.165, 1.54) is 0 Å². The van der Waals surface area contributed by atoms with Crippen LogP contribution in [0.3, 0.4) is 0 Å². The molecule has 0 saturated carbocycles. The SMILES string of the molecule is CC(C)(C)OC(=O)NC(C(O)CC(=O)O)C(C)(C)C. The molecule has 19 heavy (non-hydrogen) atoms. The van der Waals surface area contributed by atoms with Crippen LogP contribution in [-0.2, 0) is 9.53 Å². The van der Waals surface area contributed by atoms with E-state index in [1.807, 2.05) is 0 Å². The summed E-state index contributed by atoms with van der Waals surface area (Å²) < 4.78 is 5.11. The highest BCUT2D eigenvalue weighted by atomic mass is 16.6. The topological polar surface area (TPSA) is 95.9 Å². The number of ether oxygens (including phenoxy) is 1. The van der Waals surface area contributed by atoms with Crippen LogP contribution in [0.2, 0.25) is 0 Å². The van der Waals surface area contributed by atoms with Crippen LogP contribution in [0.25, 0.3) is 0 Å². The number of aliphatic carboxylic acids is 1. The number of hydrogen-bond acceptors (Lipinski definition) is 4. The number of hydrogen-bond donors (Lipinski definition) is 3. The van der Waals surface area contributed by atoms with Gasteiger partial charge in [-0.15, -0.1) is 0 Å². The van der Waals surface area contributed by atoms with Crippen molar-refractivity contribution in [1.82, 2.24) is 5.32 Å². The van der Waals surface area contributed by atoms with Crippen molar-refractivity contribution in [3.05, 3.63) is 0 Å². The normalized spacial score (nSPS) is 15.5. The van der Waals surface area contributed by atoms with Gasteiger partial charge in [-0.3, -0.25) is 4.79 Å². The number of nitrogens with one attached hydrogen (secondary N) is 1. The van der Waals surface area contributed by atoms with E-state index in [1.54, 1.807) is 41.5 Å². The van der Waals surface area contributed by atoms with Crippen molar-refractivity contribution in [3.63, 3.8) is 0 Å². The van der Waals surface area contributed by atoms with Gasteiger partial charge in [0.05, 0.1) is 18.6 Å². The minimum absolute atomic E-state index is 0.433. The van der Waals surface area contributed by atoms with Crippen molar-refractivity contribution >= 4 is 12.1 Å². The minimum Gasteiger partial charge on any atom is -0.481 e. The largest absolute Gasteiger partial charge is 0.481 e. The number of carboxylic acids is 1. The van der Waals surface area contributed by atoms with E-state index in [-0.39, 0.29) is 0 Å².